The van der Waals surface area contributed by atoms with Gasteiger partial charge in [0.05, 0.1) is 31.8 Å². The van der Waals surface area contributed by atoms with Gasteiger partial charge in [0.15, 0.2) is 0 Å². The number of nitrogens with zero attached hydrogens (tertiary/aromatic N) is 2. The highest BCUT2D eigenvalue weighted by molar-refractivity contribution is 5.79. The Bertz CT molecular complexity index is 662. The van der Waals surface area contributed by atoms with Crippen LogP contribution in [0.25, 0.3) is 0 Å². The third-order valence-electron chi connectivity index (χ3n) is 6.20. The van der Waals surface area contributed by atoms with Crippen LogP contribution in [0, 0.1) is 11.8 Å². The molecule has 3 aliphatic heterocycles. The third-order valence-corrected chi connectivity index (χ3v) is 6.20. The minimum Gasteiger partial charge on any atom is -0.497 e. The maximum Gasteiger partial charge on any atom is 0.227 e. The number of benzene rings is 1. The predicted molar refractivity (Wildman–Crippen MR) is 95.7 cm³/mol. The second-order valence-corrected chi connectivity index (χ2v) is 8.09. The van der Waals surface area contributed by atoms with Crippen LogP contribution in [0.5, 0.6) is 5.75 Å². The summed E-state index contributed by atoms with van der Waals surface area (Å²) in [4.78, 5) is 17.2. The van der Waals surface area contributed by atoms with Crippen LogP contribution in [0.3, 0.4) is 0 Å². The van der Waals surface area contributed by atoms with E-state index in [1.165, 1.54) is 0 Å². The number of fused-ring (bicyclic) bond motifs is 1. The van der Waals surface area contributed by atoms with Gasteiger partial charge in [-0.2, -0.15) is 0 Å². The van der Waals surface area contributed by atoms with Gasteiger partial charge in [-0.1, -0.05) is 12.1 Å². The summed E-state index contributed by atoms with van der Waals surface area (Å²) in [6, 6.07) is 7.79. The lowest BCUT2D eigenvalue weighted by Crippen LogP contribution is -2.40. The summed E-state index contributed by atoms with van der Waals surface area (Å²) in [6.07, 6.45) is 3.08. The number of ether oxygens (including phenoxy) is 2. The van der Waals surface area contributed by atoms with E-state index >= 15 is 0 Å². The number of hydrogen-bond donors (Lipinski definition) is 0. The lowest BCUT2D eigenvalue weighted by Gasteiger charge is -2.30. The van der Waals surface area contributed by atoms with E-state index in [1.807, 2.05) is 29.2 Å². The van der Waals surface area contributed by atoms with Crippen molar-refractivity contribution in [1.82, 2.24) is 9.80 Å². The van der Waals surface area contributed by atoms with E-state index in [9.17, 15) is 4.79 Å². The molecule has 1 spiro atoms. The average Bonchev–Trinajstić information content (AvgIpc) is 3.24. The fraction of sp³-hybridized carbons (Fsp3) is 0.650. The second-order valence-electron chi connectivity index (χ2n) is 8.09. The van der Waals surface area contributed by atoms with Crippen LogP contribution in [-0.4, -0.2) is 68.3 Å². The molecule has 0 radical (unpaired) electrons. The highest BCUT2D eigenvalue weighted by atomic mass is 16.5. The van der Waals surface area contributed by atoms with E-state index in [2.05, 4.69) is 19.0 Å². The minimum absolute atomic E-state index is 0.0740. The topological polar surface area (TPSA) is 42.0 Å². The van der Waals surface area contributed by atoms with Gasteiger partial charge in [-0.3, -0.25) is 4.79 Å². The zero-order chi connectivity index (χ0) is 17.6. The Labute approximate surface area is 149 Å². The first-order valence-electron chi connectivity index (χ1n) is 9.24. The van der Waals surface area contributed by atoms with E-state index in [0.717, 1.165) is 43.8 Å². The number of likely N-dealkylation sites (tertiary alicyclic amines) is 1. The van der Waals surface area contributed by atoms with Gasteiger partial charge in [0.1, 0.15) is 5.75 Å². The van der Waals surface area contributed by atoms with Crippen LogP contribution in [0.2, 0.25) is 0 Å². The number of carbonyl (C=O) groups excluding carboxylic acids is 1. The molecule has 136 valence electrons. The molecular formula is C20H28N2O3. The van der Waals surface area contributed by atoms with Crippen molar-refractivity contribution < 1.29 is 14.3 Å². The Balaban J connectivity index is 1.45. The quantitative estimate of drug-likeness (QED) is 0.817. The van der Waals surface area contributed by atoms with Crippen LogP contribution >= 0.6 is 0 Å². The number of amides is 1. The van der Waals surface area contributed by atoms with Crippen molar-refractivity contribution in [2.75, 3.05) is 40.8 Å². The predicted octanol–water partition coefficient (Wildman–Crippen LogP) is 1.81. The van der Waals surface area contributed by atoms with Gasteiger partial charge in [0, 0.05) is 24.9 Å². The Morgan fingerprint density at radius 2 is 2.28 bits per heavy atom. The van der Waals surface area contributed by atoms with Crippen molar-refractivity contribution in [2.45, 2.75) is 31.0 Å². The molecule has 0 unspecified atom stereocenters. The van der Waals surface area contributed by atoms with Crippen LogP contribution in [0.1, 0.15) is 18.4 Å². The van der Waals surface area contributed by atoms with E-state index in [0.29, 0.717) is 24.4 Å². The Hall–Kier alpha value is -1.59. The molecule has 1 aromatic rings. The van der Waals surface area contributed by atoms with Crippen LogP contribution in [0.4, 0.5) is 0 Å². The molecule has 1 amide bonds. The molecule has 4 rings (SSSR count). The van der Waals surface area contributed by atoms with Gasteiger partial charge in [-0.25, -0.2) is 0 Å². The standard InChI is InChI=1S/C20H28N2O3/c1-21(2)11-16-17-12-22(13-20(17)8-7-18(16)25-20)19(23)10-14-5-4-6-15(9-14)24-3/h4-6,9,16-18H,7-8,10-13H2,1-3H3/t16-,17+,18+,20+/m0/s1. The largest absolute Gasteiger partial charge is 0.497 e. The zero-order valence-corrected chi connectivity index (χ0v) is 15.4. The fourth-order valence-corrected chi connectivity index (χ4v) is 5.12. The zero-order valence-electron chi connectivity index (χ0n) is 15.4. The maximum absolute atomic E-state index is 12.9. The number of carbonyl (C=O) groups is 1. The monoisotopic (exact) mass is 344 g/mol. The number of rotatable bonds is 5. The first-order chi connectivity index (χ1) is 12.0. The summed E-state index contributed by atoms with van der Waals surface area (Å²) in [5.41, 5.74) is 0.934. The first-order valence-corrected chi connectivity index (χ1v) is 9.24. The van der Waals surface area contributed by atoms with Gasteiger partial charge in [0.25, 0.3) is 0 Å². The molecule has 25 heavy (non-hydrogen) atoms. The highest BCUT2D eigenvalue weighted by Crippen LogP contribution is 2.54. The third kappa shape index (κ3) is 2.93. The molecule has 0 aromatic heterocycles. The smallest absolute Gasteiger partial charge is 0.227 e. The Kier molecular flexibility index (Phi) is 4.24. The lowest BCUT2D eigenvalue weighted by molar-refractivity contribution is -0.131. The summed E-state index contributed by atoms with van der Waals surface area (Å²) in [5, 5.41) is 0. The van der Waals surface area contributed by atoms with Crippen molar-refractivity contribution in [1.29, 1.82) is 0 Å². The summed E-state index contributed by atoms with van der Waals surface area (Å²) >= 11 is 0. The van der Waals surface area contributed by atoms with Gasteiger partial charge in [-0.05, 0) is 44.6 Å². The van der Waals surface area contributed by atoms with Gasteiger partial charge >= 0.3 is 0 Å². The molecule has 3 aliphatic rings. The molecule has 5 heteroatoms. The van der Waals surface area contributed by atoms with Crippen molar-refractivity contribution in [2.24, 2.45) is 11.8 Å². The van der Waals surface area contributed by atoms with Crippen LogP contribution < -0.4 is 4.74 Å². The van der Waals surface area contributed by atoms with Gasteiger partial charge < -0.3 is 19.3 Å². The second kappa shape index (κ2) is 6.29. The first kappa shape index (κ1) is 16.9. The fourth-order valence-electron chi connectivity index (χ4n) is 5.12. The number of methoxy groups -OCH3 is 1. The molecule has 0 saturated carbocycles. The Morgan fingerprint density at radius 1 is 1.44 bits per heavy atom. The summed E-state index contributed by atoms with van der Waals surface area (Å²) in [5.74, 6) is 2.05. The normalized spacial score (nSPS) is 33.1. The Morgan fingerprint density at radius 3 is 3.04 bits per heavy atom. The van der Waals surface area contributed by atoms with E-state index in [4.69, 9.17) is 9.47 Å². The van der Waals surface area contributed by atoms with E-state index < -0.39 is 0 Å². The minimum atomic E-state index is -0.0740. The average molecular weight is 344 g/mol. The molecule has 4 atom stereocenters. The van der Waals surface area contributed by atoms with Gasteiger partial charge in [0.2, 0.25) is 5.91 Å². The molecule has 0 N–H and O–H groups in total. The van der Waals surface area contributed by atoms with Crippen molar-refractivity contribution in [3.8, 4) is 5.75 Å². The molecule has 3 fully saturated rings. The molecule has 2 bridgehead atoms. The van der Waals surface area contributed by atoms with Crippen molar-refractivity contribution >= 4 is 5.91 Å². The number of hydrogen-bond acceptors (Lipinski definition) is 4. The molecule has 1 aromatic carbocycles. The summed E-state index contributed by atoms with van der Waals surface area (Å²) < 4.78 is 11.7. The SMILES string of the molecule is COc1cccc(CC(=O)N2C[C@@H]3[C@H](CN(C)C)[C@H]4CC[C@]3(C2)O4)c1. The van der Waals surface area contributed by atoms with Crippen LogP contribution in [0.15, 0.2) is 24.3 Å². The van der Waals surface area contributed by atoms with Gasteiger partial charge in [-0.15, -0.1) is 0 Å². The molecule has 5 nitrogen and oxygen atoms in total. The highest BCUT2D eigenvalue weighted by Gasteiger charge is 2.63. The lowest BCUT2D eigenvalue weighted by atomic mass is 9.73. The van der Waals surface area contributed by atoms with E-state index in [1.54, 1.807) is 7.11 Å². The van der Waals surface area contributed by atoms with E-state index in [-0.39, 0.29) is 11.5 Å². The summed E-state index contributed by atoms with van der Waals surface area (Å²) in [7, 11) is 5.90. The molecule has 0 aliphatic carbocycles. The van der Waals surface area contributed by atoms with Crippen molar-refractivity contribution in [3.05, 3.63) is 29.8 Å². The molecule has 3 heterocycles. The maximum atomic E-state index is 12.9. The summed E-state index contributed by atoms with van der Waals surface area (Å²) in [6.45, 7) is 2.66. The molecule has 3 saturated heterocycles. The van der Waals surface area contributed by atoms with Crippen LogP contribution in [-0.2, 0) is 16.0 Å². The van der Waals surface area contributed by atoms with Crippen molar-refractivity contribution in [3.63, 3.8) is 0 Å². The molecular weight excluding hydrogens is 316 g/mol.